The number of rotatable bonds is 4. The lowest BCUT2D eigenvalue weighted by Crippen LogP contribution is -2.22. The summed E-state index contributed by atoms with van der Waals surface area (Å²) in [5, 5.41) is 0. The summed E-state index contributed by atoms with van der Waals surface area (Å²) in [4.78, 5) is 10.8. The van der Waals surface area contributed by atoms with Crippen LogP contribution >= 0.6 is 15.9 Å². The zero-order chi connectivity index (χ0) is 12.1. The van der Waals surface area contributed by atoms with Crippen LogP contribution in [0.1, 0.15) is 12.6 Å². The molecule has 88 valence electrons. The molecule has 2 aromatic heterocycles. The smallest absolute Gasteiger partial charge is 0.0602 e. The van der Waals surface area contributed by atoms with Gasteiger partial charge in [-0.1, -0.05) is 6.07 Å². The summed E-state index contributed by atoms with van der Waals surface area (Å²) >= 11 is 3.44. The first-order valence-corrected chi connectivity index (χ1v) is 6.34. The predicted octanol–water partition coefficient (Wildman–Crippen LogP) is 3.27. The van der Waals surface area contributed by atoms with Crippen molar-refractivity contribution in [2.75, 3.05) is 11.4 Å². The Kier molecular flexibility index (Phi) is 4.09. The van der Waals surface area contributed by atoms with Crippen LogP contribution in [0.25, 0.3) is 0 Å². The Hall–Kier alpha value is -1.42. The molecule has 0 aliphatic rings. The van der Waals surface area contributed by atoms with Gasteiger partial charge in [-0.25, -0.2) is 0 Å². The second kappa shape index (κ2) is 5.77. The quantitative estimate of drug-likeness (QED) is 0.866. The summed E-state index contributed by atoms with van der Waals surface area (Å²) in [5.74, 6) is 0. The van der Waals surface area contributed by atoms with Gasteiger partial charge < -0.3 is 4.90 Å². The fourth-order valence-corrected chi connectivity index (χ4v) is 2.00. The Bertz CT molecular complexity index is 473. The summed E-state index contributed by atoms with van der Waals surface area (Å²) in [6.45, 7) is 3.86. The maximum atomic E-state index is 4.34. The fourth-order valence-electron chi connectivity index (χ4n) is 1.65. The van der Waals surface area contributed by atoms with Crippen LogP contribution in [0.15, 0.2) is 47.3 Å². The Morgan fingerprint density at radius 1 is 1.29 bits per heavy atom. The van der Waals surface area contributed by atoms with E-state index in [2.05, 4.69) is 43.8 Å². The molecule has 0 atom stereocenters. The Morgan fingerprint density at radius 3 is 2.82 bits per heavy atom. The number of nitrogens with zero attached hydrogens (tertiary/aromatic N) is 3. The van der Waals surface area contributed by atoms with Crippen molar-refractivity contribution in [1.29, 1.82) is 0 Å². The minimum absolute atomic E-state index is 0.801. The molecule has 0 bridgehead atoms. The van der Waals surface area contributed by atoms with Crippen LogP contribution in [-0.4, -0.2) is 16.5 Å². The van der Waals surface area contributed by atoms with Gasteiger partial charge in [-0.05, 0) is 41.1 Å². The van der Waals surface area contributed by atoms with E-state index < -0.39 is 0 Å². The first-order valence-electron chi connectivity index (χ1n) is 5.55. The van der Waals surface area contributed by atoms with E-state index in [1.807, 2.05) is 30.6 Å². The van der Waals surface area contributed by atoms with Gasteiger partial charge in [0, 0.05) is 23.4 Å². The second-order valence-corrected chi connectivity index (χ2v) is 4.61. The summed E-state index contributed by atoms with van der Waals surface area (Å²) < 4.78 is 0.995. The maximum Gasteiger partial charge on any atom is 0.0602 e. The zero-order valence-corrected chi connectivity index (χ0v) is 11.3. The highest BCUT2D eigenvalue weighted by molar-refractivity contribution is 9.10. The molecule has 0 spiro atoms. The number of hydrogen-bond acceptors (Lipinski definition) is 3. The highest BCUT2D eigenvalue weighted by Crippen LogP contribution is 2.19. The van der Waals surface area contributed by atoms with E-state index in [4.69, 9.17) is 0 Å². The average molecular weight is 292 g/mol. The van der Waals surface area contributed by atoms with Gasteiger partial charge in [-0.3, -0.25) is 9.97 Å². The van der Waals surface area contributed by atoms with E-state index in [1.54, 1.807) is 6.20 Å². The molecule has 0 aliphatic carbocycles. The van der Waals surface area contributed by atoms with Crippen molar-refractivity contribution in [2.24, 2.45) is 0 Å². The largest absolute Gasteiger partial charge is 0.365 e. The lowest BCUT2D eigenvalue weighted by atomic mass is 10.3. The predicted molar refractivity (Wildman–Crippen MR) is 72.9 cm³/mol. The molecule has 17 heavy (non-hydrogen) atoms. The van der Waals surface area contributed by atoms with E-state index in [9.17, 15) is 0 Å². The van der Waals surface area contributed by atoms with Gasteiger partial charge in [0.15, 0.2) is 0 Å². The molecule has 0 saturated heterocycles. The van der Waals surface area contributed by atoms with E-state index in [0.29, 0.717) is 0 Å². The third-order valence-corrected chi connectivity index (χ3v) is 2.95. The molecule has 2 aromatic rings. The van der Waals surface area contributed by atoms with Crippen molar-refractivity contribution in [1.82, 2.24) is 9.97 Å². The van der Waals surface area contributed by atoms with Gasteiger partial charge in [0.1, 0.15) is 0 Å². The Balaban J connectivity index is 2.17. The van der Waals surface area contributed by atoms with Crippen molar-refractivity contribution in [3.05, 3.63) is 53.0 Å². The van der Waals surface area contributed by atoms with Gasteiger partial charge in [0.25, 0.3) is 0 Å². The standard InChI is InChI=1S/C13H14BrN3/c1-2-17(10-12-5-3-4-6-16-12)13-7-11(14)8-15-9-13/h3-9H,2,10H2,1H3. The fraction of sp³-hybridized carbons (Fsp3) is 0.231. The van der Waals surface area contributed by atoms with Gasteiger partial charge in [-0.2, -0.15) is 0 Å². The average Bonchev–Trinajstić information content (AvgIpc) is 2.37. The molecule has 0 amide bonds. The van der Waals surface area contributed by atoms with E-state index in [0.717, 1.165) is 28.9 Å². The highest BCUT2D eigenvalue weighted by atomic mass is 79.9. The van der Waals surface area contributed by atoms with Gasteiger partial charge in [0.05, 0.1) is 24.1 Å². The zero-order valence-electron chi connectivity index (χ0n) is 9.68. The van der Waals surface area contributed by atoms with Crippen molar-refractivity contribution in [2.45, 2.75) is 13.5 Å². The SMILES string of the molecule is CCN(Cc1ccccn1)c1cncc(Br)c1. The number of anilines is 1. The second-order valence-electron chi connectivity index (χ2n) is 3.70. The number of hydrogen-bond donors (Lipinski definition) is 0. The summed E-state index contributed by atoms with van der Waals surface area (Å²) in [5.41, 5.74) is 2.17. The third-order valence-electron chi connectivity index (χ3n) is 2.52. The van der Waals surface area contributed by atoms with Crippen LogP contribution in [0.4, 0.5) is 5.69 Å². The molecule has 0 unspecified atom stereocenters. The lowest BCUT2D eigenvalue weighted by Gasteiger charge is -2.22. The first kappa shape index (κ1) is 12.0. The van der Waals surface area contributed by atoms with Crippen LogP contribution in [0.5, 0.6) is 0 Å². The minimum atomic E-state index is 0.801. The van der Waals surface area contributed by atoms with Crippen LogP contribution in [0.2, 0.25) is 0 Å². The van der Waals surface area contributed by atoms with Crippen LogP contribution in [0.3, 0.4) is 0 Å². The molecule has 3 nitrogen and oxygen atoms in total. The van der Waals surface area contributed by atoms with Crippen LogP contribution in [-0.2, 0) is 6.54 Å². The van der Waals surface area contributed by atoms with E-state index >= 15 is 0 Å². The molecule has 4 heteroatoms. The summed E-state index contributed by atoms with van der Waals surface area (Å²) in [6, 6.07) is 8.04. The monoisotopic (exact) mass is 291 g/mol. The van der Waals surface area contributed by atoms with Crippen molar-refractivity contribution in [3.63, 3.8) is 0 Å². The molecule has 2 rings (SSSR count). The molecular formula is C13H14BrN3. The first-order chi connectivity index (χ1) is 8.29. The molecular weight excluding hydrogens is 278 g/mol. The van der Waals surface area contributed by atoms with Crippen molar-refractivity contribution < 1.29 is 0 Å². The van der Waals surface area contributed by atoms with E-state index in [-0.39, 0.29) is 0 Å². The summed E-state index contributed by atoms with van der Waals surface area (Å²) in [6.07, 6.45) is 5.48. The Morgan fingerprint density at radius 2 is 2.18 bits per heavy atom. The topological polar surface area (TPSA) is 29.0 Å². The molecule has 0 N–H and O–H groups in total. The lowest BCUT2D eigenvalue weighted by molar-refractivity contribution is 0.806. The van der Waals surface area contributed by atoms with Gasteiger partial charge >= 0.3 is 0 Å². The van der Waals surface area contributed by atoms with Gasteiger partial charge in [0.2, 0.25) is 0 Å². The minimum Gasteiger partial charge on any atom is -0.365 e. The Labute approximate surface area is 110 Å². The maximum absolute atomic E-state index is 4.34. The normalized spacial score (nSPS) is 10.2. The number of pyridine rings is 2. The molecule has 0 fully saturated rings. The van der Waals surface area contributed by atoms with E-state index in [1.165, 1.54) is 0 Å². The number of aromatic nitrogens is 2. The number of halogens is 1. The van der Waals surface area contributed by atoms with Crippen molar-refractivity contribution >= 4 is 21.6 Å². The van der Waals surface area contributed by atoms with Crippen LogP contribution < -0.4 is 4.90 Å². The molecule has 2 heterocycles. The molecule has 0 radical (unpaired) electrons. The summed E-state index contributed by atoms with van der Waals surface area (Å²) in [7, 11) is 0. The molecule has 0 saturated carbocycles. The van der Waals surface area contributed by atoms with Crippen LogP contribution in [0, 0.1) is 0 Å². The highest BCUT2D eigenvalue weighted by Gasteiger charge is 2.06. The molecule has 0 aromatic carbocycles. The van der Waals surface area contributed by atoms with Gasteiger partial charge in [-0.15, -0.1) is 0 Å². The third kappa shape index (κ3) is 3.27. The molecule has 0 aliphatic heterocycles. The van der Waals surface area contributed by atoms with Crippen molar-refractivity contribution in [3.8, 4) is 0 Å².